The van der Waals surface area contributed by atoms with Crippen molar-refractivity contribution in [2.24, 2.45) is 0 Å². The van der Waals surface area contributed by atoms with E-state index >= 15 is 0 Å². The minimum atomic E-state index is 0.184. The van der Waals surface area contributed by atoms with Crippen LogP contribution in [0.3, 0.4) is 0 Å². The molecule has 2 aromatic rings. The molecule has 2 aromatic heterocycles. The van der Waals surface area contributed by atoms with E-state index in [1.54, 1.807) is 17.6 Å². The standard InChI is InChI=1S/C11H10BrClOS/c1-2-8-7(5-6-14-8)11(12)9-3-4-10(13)15-9/h3-6,11H,2H2,1H3. The van der Waals surface area contributed by atoms with E-state index in [1.807, 2.05) is 18.2 Å². The van der Waals surface area contributed by atoms with Gasteiger partial charge in [0, 0.05) is 16.9 Å². The molecule has 0 aromatic carbocycles. The van der Waals surface area contributed by atoms with Gasteiger partial charge >= 0.3 is 0 Å². The molecule has 0 saturated carbocycles. The number of thiophene rings is 1. The largest absolute Gasteiger partial charge is 0.469 e. The lowest BCUT2D eigenvalue weighted by Gasteiger charge is -2.06. The van der Waals surface area contributed by atoms with Crippen LogP contribution in [0.4, 0.5) is 0 Å². The van der Waals surface area contributed by atoms with Crippen molar-refractivity contribution in [1.82, 2.24) is 0 Å². The first-order valence-corrected chi connectivity index (χ1v) is 6.79. The molecule has 15 heavy (non-hydrogen) atoms. The third-order valence-electron chi connectivity index (χ3n) is 2.22. The van der Waals surface area contributed by atoms with Crippen LogP contribution < -0.4 is 0 Å². The molecule has 4 heteroatoms. The minimum Gasteiger partial charge on any atom is -0.469 e. The molecule has 0 bridgehead atoms. The van der Waals surface area contributed by atoms with Gasteiger partial charge in [-0.3, -0.25) is 0 Å². The van der Waals surface area contributed by atoms with Crippen LogP contribution in [0, 0.1) is 0 Å². The first-order valence-electron chi connectivity index (χ1n) is 4.68. The number of hydrogen-bond acceptors (Lipinski definition) is 2. The van der Waals surface area contributed by atoms with Crippen LogP contribution in [-0.4, -0.2) is 0 Å². The molecule has 0 N–H and O–H groups in total. The fraction of sp³-hybridized carbons (Fsp3) is 0.273. The van der Waals surface area contributed by atoms with Crippen molar-refractivity contribution < 1.29 is 4.42 Å². The summed E-state index contributed by atoms with van der Waals surface area (Å²) < 4.78 is 6.22. The van der Waals surface area contributed by atoms with Crippen molar-refractivity contribution in [3.8, 4) is 0 Å². The van der Waals surface area contributed by atoms with E-state index < -0.39 is 0 Å². The molecule has 0 amide bonds. The molecule has 2 rings (SSSR count). The van der Waals surface area contributed by atoms with E-state index in [1.165, 1.54) is 10.4 Å². The maximum Gasteiger partial charge on any atom is 0.108 e. The predicted octanol–water partition coefficient (Wildman–Crippen LogP) is 5.04. The topological polar surface area (TPSA) is 13.1 Å². The van der Waals surface area contributed by atoms with Gasteiger partial charge in [-0.25, -0.2) is 0 Å². The summed E-state index contributed by atoms with van der Waals surface area (Å²) in [5, 5.41) is 0. The highest BCUT2D eigenvalue weighted by molar-refractivity contribution is 9.09. The van der Waals surface area contributed by atoms with Crippen molar-refractivity contribution >= 4 is 38.9 Å². The average molecular weight is 306 g/mol. The Balaban J connectivity index is 2.31. The van der Waals surface area contributed by atoms with Crippen molar-refractivity contribution in [1.29, 1.82) is 0 Å². The Kier molecular flexibility index (Phi) is 3.54. The van der Waals surface area contributed by atoms with E-state index in [0.29, 0.717) is 0 Å². The maximum atomic E-state index is 5.91. The summed E-state index contributed by atoms with van der Waals surface area (Å²) in [6.07, 6.45) is 2.64. The summed E-state index contributed by atoms with van der Waals surface area (Å²) in [7, 11) is 0. The second-order valence-electron chi connectivity index (χ2n) is 3.16. The SMILES string of the molecule is CCc1occc1C(Br)c1ccc(Cl)s1. The third-order valence-corrected chi connectivity index (χ3v) is 4.80. The lowest BCUT2D eigenvalue weighted by molar-refractivity contribution is 0.512. The number of hydrogen-bond donors (Lipinski definition) is 0. The van der Waals surface area contributed by atoms with E-state index in [4.69, 9.17) is 16.0 Å². The van der Waals surface area contributed by atoms with Gasteiger partial charge < -0.3 is 4.42 Å². The van der Waals surface area contributed by atoms with Crippen molar-refractivity contribution in [2.75, 3.05) is 0 Å². The lowest BCUT2D eigenvalue weighted by Crippen LogP contribution is -1.91. The second-order valence-corrected chi connectivity index (χ2v) is 5.82. The maximum absolute atomic E-state index is 5.91. The number of alkyl halides is 1. The predicted molar refractivity (Wildman–Crippen MR) is 68.2 cm³/mol. The van der Waals surface area contributed by atoms with Gasteiger partial charge in [0.2, 0.25) is 0 Å². The van der Waals surface area contributed by atoms with Gasteiger partial charge in [-0.15, -0.1) is 11.3 Å². The summed E-state index contributed by atoms with van der Waals surface area (Å²) in [6, 6.07) is 5.96. The number of halogens is 2. The van der Waals surface area contributed by atoms with Crippen molar-refractivity contribution in [2.45, 2.75) is 18.2 Å². The molecule has 1 unspecified atom stereocenters. The minimum absolute atomic E-state index is 0.184. The zero-order chi connectivity index (χ0) is 10.8. The van der Waals surface area contributed by atoms with Gasteiger partial charge in [-0.2, -0.15) is 0 Å². The molecular weight excluding hydrogens is 296 g/mol. The van der Waals surface area contributed by atoms with Crippen LogP contribution in [0.1, 0.15) is 28.0 Å². The Morgan fingerprint density at radius 3 is 2.87 bits per heavy atom. The molecular formula is C11H10BrClOS. The fourth-order valence-corrected chi connectivity index (χ4v) is 3.38. The van der Waals surface area contributed by atoms with Gasteiger partial charge in [0.05, 0.1) is 15.4 Å². The zero-order valence-electron chi connectivity index (χ0n) is 8.17. The van der Waals surface area contributed by atoms with Gasteiger partial charge in [-0.05, 0) is 18.2 Å². The molecule has 0 aliphatic carbocycles. The summed E-state index contributed by atoms with van der Waals surface area (Å²) >= 11 is 11.2. The quantitative estimate of drug-likeness (QED) is 0.724. The molecule has 2 heterocycles. The highest BCUT2D eigenvalue weighted by atomic mass is 79.9. The lowest BCUT2D eigenvalue weighted by atomic mass is 10.1. The molecule has 0 spiro atoms. The first-order chi connectivity index (χ1) is 7.22. The molecule has 80 valence electrons. The van der Waals surface area contributed by atoms with E-state index in [2.05, 4.69) is 22.9 Å². The number of rotatable bonds is 3. The average Bonchev–Trinajstić information content (AvgIpc) is 2.84. The Hall–Kier alpha value is -0.250. The van der Waals surface area contributed by atoms with Crippen LogP contribution in [0.15, 0.2) is 28.9 Å². The summed E-state index contributed by atoms with van der Waals surface area (Å²) in [5.74, 6) is 1.03. The Morgan fingerprint density at radius 2 is 2.27 bits per heavy atom. The number of aryl methyl sites for hydroxylation is 1. The zero-order valence-corrected chi connectivity index (χ0v) is 11.3. The molecule has 0 fully saturated rings. The van der Waals surface area contributed by atoms with Gasteiger partial charge in [0.15, 0.2) is 0 Å². The van der Waals surface area contributed by atoms with Crippen LogP contribution >= 0.6 is 38.9 Å². The van der Waals surface area contributed by atoms with E-state index in [-0.39, 0.29) is 4.83 Å². The second kappa shape index (κ2) is 4.73. The van der Waals surface area contributed by atoms with Gasteiger partial charge in [-0.1, -0.05) is 34.5 Å². The molecule has 0 saturated heterocycles. The van der Waals surface area contributed by atoms with Gasteiger partial charge in [0.1, 0.15) is 5.76 Å². The number of furan rings is 1. The summed E-state index contributed by atoms with van der Waals surface area (Å²) in [5.41, 5.74) is 1.19. The normalized spacial score (nSPS) is 13.0. The van der Waals surface area contributed by atoms with E-state index in [9.17, 15) is 0 Å². The van der Waals surface area contributed by atoms with Crippen LogP contribution in [0.25, 0.3) is 0 Å². The Labute approximate surface area is 106 Å². The highest BCUT2D eigenvalue weighted by Crippen LogP contribution is 2.38. The third kappa shape index (κ3) is 2.30. The molecule has 0 aliphatic rings. The van der Waals surface area contributed by atoms with Crippen LogP contribution in [-0.2, 0) is 6.42 Å². The Morgan fingerprint density at radius 1 is 1.47 bits per heavy atom. The fourth-order valence-electron chi connectivity index (χ4n) is 1.48. The Bertz CT molecular complexity index is 449. The highest BCUT2D eigenvalue weighted by Gasteiger charge is 2.17. The smallest absolute Gasteiger partial charge is 0.108 e. The van der Waals surface area contributed by atoms with Crippen LogP contribution in [0.5, 0.6) is 0 Å². The molecule has 1 nitrogen and oxygen atoms in total. The van der Waals surface area contributed by atoms with Gasteiger partial charge in [0.25, 0.3) is 0 Å². The van der Waals surface area contributed by atoms with E-state index in [0.717, 1.165) is 16.5 Å². The molecule has 1 atom stereocenters. The monoisotopic (exact) mass is 304 g/mol. The van der Waals surface area contributed by atoms with Crippen molar-refractivity contribution in [3.63, 3.8) is 0 Å². The van der Waals surface area contributed by atoms with Crippen molar-refractivity contribution in [3.05, 3.63) is 45.0 Å². The summed E-state index contributed by atoms with van der Waals surface area (Å²) in [6.45, 7) is 2.09. The molecule has 0 aliphatic heterocycles. The summed E-state index contributed by atoms with van der Waals surface area (Å²) in [4.78, 5) is 1.39. The molecule has 0 radical (unpaired) electrons. The van der Waals surface area contributed by atoms with Crippen LogP contribution in [0.2, 0.25) is 4.34 Å². The first kappa shape index (κ1) is 11.2.